The van der Waals surface area contributed by atoms with E-state index in [0.717, 1.165) is 0 Å². The predicted molar refractivity (Wildman–Crippen MR) is 90.0 cm³/mol. The molecule has 0 saturated heterocycles. The van der Waals surface area contributed by atoms with Crippen molar-refractivity contribution in [3.8, 4) is 17.2 Å². The highest BCUT2D eigenvalue weighted by Crippen LogP contribution is 2.29. The fraction of sp³-hybridized carbons (Fsp3) is 0.375. The van der Waals surface area contributed by atoms with Crippen molar-refractivity contribution in [2.45, 2.75) is 24.5 Å². The van der Waals surface area contributed by atoms with Gasteiger partial charge in [0.05, 0.1) is 18.4 Å². The third-order valence-electron chi connectivity index (χ3n) is 2.99. The molecule has 7 heteroatoms. The minimum Gasteiger partial charge on any atom is -0.493 e. The molecule has 0 bridgehead atoms. The Hall–Kier alpha value is -1.99. The minimum absolute atomic E-state index is 0.132. The van der Waals surface area contributed by atoms with Crippen molar-refractivity contribution in [1.29, 1.82) is 0 Å². The van der Waals surface area contributed by atoms with Gasteiger partial charge in [-0.1, -0.05) is 0 Å². The van der Waals surface area contributed by atoms with Crippen LogP contribution in [0.4, 0.5) is 0 Å². The molecular formula is C16H20N2O4S. The summed E-state index contributed by atoms with van der Waals surface area (Å²) in [6.07, 6.45) is 3.54. The zero-order valence-electron chi connectivity index (χ0n) is 13.6. The molecule has 0 fully saturated rings. The molecule has 0 spiro atoms. The summed E-state index contributed by atoms with van der Waals surface area (Å²) in [4.78, 5) is 16.1. The van der Waals surface area contributed by atoms with E-state index in [1.807, 2.05) is 6.26 Å². The summed E-state index contributed by atoms with van der Waals surface area (Å²) >= 11 is 1.41. The molecule has 1 aromatic carbocycles. The first-order chi connectivity index (χ1) is 10.8. The SMILES string of the molecule is COc1cc(-n2ccc(SC)nc2=O)ccc1OCC(C)(C)O. The molecule has 1 heterocycles. The highest BCUT2D eigenvalue weighted by molar-refractivity contribution is 7.98. The number of ether oxygens (including phenoxy) is 2. The number of aromatic nitrogens is 2. The summed E-state index contributed by atoms with van der Waals surface area (Å²) < 4.78 is 12.3. The van der Waals surface area contributed by atoms with E-state index >= 15 is 0 Å². The van der Waals surface area contributed by atoms with E-state index in [-0.39, 0.29) is 12.3 Å². The third-order valence-corrected chi connectivity index (χ3v) is 3.64. The summed E-state index contributed by atoms with van der Waals surface area (Å²) in [6.45, 7) is 3.45. The molecule has 0 radical (unpaired) electrons. The van der Waals surface area contributed by atoms with Crippen LogP contribution < -0.4 is 15.2 Å². The lowest BCUT2D eigenvalue weighted by molar-refractivity contribution is 0.0276. The predicted octanol–water partition coefficient (Wildman–Crippen LogP) is 2.11. The van der Waals surface area contributed by atoms with Gasteiger partial charge in [0.1, 0.15) is 11.6 Å². The molecule has 0 aliphatic rings. The number of hydrogen-bond acceptors (Lipinski definition) is 6. The summed E-state index contributed by atoms with van der Waals surface area (Å²) in [5.41, 5.74) is -0.676. The van der Waals surface area contributed by atoms with E-state index in [9.17, 15) is 9.90 Å². The zero-order chi connectivity index (χ0) is 17.0. The van der Waals surface area contributed by atoms with Crippen molar-refractivity contribution >= 4 is 11.8 Å². The Labute approximate surface area is 139 Å². The van der Waals surface area contributed by atoms with E-state index in [1.165, 1.54) is 23.4 Å². The lowest BCUT2D eigenvalue weighted by atomic mass is 10.2. The van der Waals surface area contributed by atoms with E-state index in [4.69, 9.17) is 9.47 Å². The number of methoxy groups -OCH3 is 1. The number of nitrogens with zero attached hydrogens (tertiary/aromatic N) is 2. The van der Waals surface area contributed by atoms with Crippen LogP contribution in [0.3, 0.4) is 0 Å². The largest absolute Gasteiger partial charge is 0.493 e. The molecule has 0 unspecified atom stereocenters. The first kappa shape index (κ1) is 17.4. The lowest BCUT2D eigenvalue weighted by Crippen LogP contribution is -2.28. The van der Waals surface area contributed by atoms with E-state index in [2.05, 4.69) is 4.98 Å². The van der Waals surface area contributed by atoms with Crippen molar-refractivity contribution in [1.82, 2.24) is 9.55 Å². The fourth-order valence-electron chi connectivity index (χ4n) is 1.88. The molecule has 0 saturated carbocycles. The third kappa shape index (κ3) is 4.49. The number of benzene rings is 1. The Kier molecular flexibility index (Phi) is 5.33. The molecule has 0 aliphatic heterocycles. The Morgan fingerprint density at radius 1 is 1.30 bits per heavy atom. The smallest absolute Gasteiger partial charge is 0.353 e. The summed E-state index contributed by atoms with van der Waals surface area (Å²) in [7, 11) is 1.52. The topological polar surface area (TPSA) is 73.6 Å². The Bertz CT molecular complexity index is 738. The minimum atomic E-state index is -0.946. The Morgan fingerprint density at radius 2 is 2.04 bits per heavy atom. The van der Waals surface area contributed by atoms with Crippen LogP contribution in [-0.4, -0.2) is 40.2 Å². The number of hydrogen-bond donors (Lipinski definition) is 1. The van der Waals surface area contributed by atoms with Crippen molar-refractivity contribution < 1.29 is 14.6 Å². The molecule has 0 aliphatic carbocycles. The first-order valence-electron chi connectivity index (χ1n) is 7.01. The maximum Gasteiger partial charge on any atom is 0.353 e. The van der Waals surface area contributed by atoms with Gasteiger partial charge in [0, 0.05) is 12.3 Å². The van der Waals surface area contributed by atoms with Crippen molar-refractivity contribution in [3.05, 3.63) is 40.9 Å². The monoisotopic (exact) mass is 336 g/mol. The molecule has 2 aromatic rings. The average molecular weight is 336 g/mol. The average Bonchev–Trinajstić information content (AvgIpc) is 2.52. The van der Waals surface area contributed by atoms with Gasteiger partial charge in [0.2, 0.25) is 0 Å². The Balaban J connectivity index is 2.33. The van der Waals surface area contributed by atoms with Crippen LogP contribution in [0.25, 0.3) is 5.69 Å². The van der Waals surface area contributed by atoms with Crippen LogP contribution in [0, 0.1) is 0 Å². The maximum absolute atomic E-state index is 12.1. The highest BCUT2D eigenvalue weighted by atomic mass is 32.2. The molecule has 6 nitrogen and oxygen atoms in total. The molecule has 0 atom stereocenters. The molecule has 2 rings (SSSR count). The van der Waals surface area contributed by atoms with Gasteiger partial charge in [-0.3, -0.25) is 4.57 Å². The number of aliphatic hydroxyl groups is 1. The molecule has 1 N–H and O–H groups in total. The van der Waals surface area contributed by atoms with Crippen molar-refractivity contribution in [2.75, 3.05) is 20.0 Å². The van der Waals surface area contributed by atoms with Crippen LogP contribution in [0.5, 0.6) is 11.5 Å². The van der Waals surface area contributed by atoms with Gasteiger partial charge >= 0.3 is 5.69 Å². The summed E-state index contributed by atoms with van der Waals surface area (Å²) in [5, 5.41) is 10.4. The highest BCUT2D eigenvalue weighted by Gasteiger charge is 2.16. The van der Waals surface area contributed by atoms with Gasteiger partial charge < -0.3 is 14.6 Å². The summed E-state index contributed by atoms with van der Waals surface area (Å²) in [5.74, 6) is 0.979. The van der Waals surface area contributed by atoms with Crippen LogP contribution >= 0.6 is 11.8 Å². The van der Waals surface area contributed by atoms with Gasteiger partial charge in [-0.05, 0) is 38.3 Å². The van der Waals surface area contributed by atoms with Crippen LogP contribution in [0.15, 0.2) is 40.3 Å². The van der Waals surface area contributed by atoms with Crippen LogP contribution in [0.1, 0.15) is 13.8 Å². The quantitative estimate of drug-likeness (QED) is 0.643. The first-order valence-corrected chi connectivity index (χ1v) is 8.24. The molecule has 1 aromatic heterocycles. The van der Waals surface area contributed by atoms with E-state index in [1.54, 1.807) is 44.3 Å². The van der Waals surface area contributed by atoms with Gasteiger partial charge in [0.25, 0.3) is 0 Å². The van der Waals surface area contributed by atoms with Gasteiger partial charge in [-0.15, -0.1) is 11.8 Å². The van der Waals surface area contributed by atoms with E-state index < -0.39 is 5.60 Å². The lowest BCUT2D eigenvalue weighted by Gasteiger charge is -2.19. The van der Waals surface area contributed by atoms with Crippen LogP contribution in [0.2, 0.25) is 0 Å². The Morgan fingerprint density at radius 3 is 2.61 bits per heavy atom. The molecular weight excluding hydrogens is 316 g/mol. The van der Waals surface area contributed by atoms with Crippen LogP contribution in [-0.2, 0) is 0 Å². The summed E-state index contributed by atoms with van der Waals surface area (Å²) in [6, 6.07) is 6.91. The van der Waals surface area contributed by atoms with Crippen molar-refractivity contribution in [3.63, 3.8) is 0 Å². The fourth-order valence-corrected chi connectivity index (χ4v) is 2.24. The van der Waals surface area contributed by atoms with Gasteiger partial charge in [-0.25, -0.2) is 4.79 Å². The van der Waals surface area contributed by atoms with E-state index in [0.29, 0.717) is 22.2 Å². The van der Waals surface area contributed by atoms with Crippen molar-refractivity contribution in [2.24, 2.45) is 0 Å². The second-order valence-electron chi connectivity index (χ2n) is 5.56. The standard InChI is InChI=1S/C16H20N2O4S/c1-16(2,20)10-22-12-6-5-11(9-13(12)21-3)18-8-7-14(23-4)17-15(18)19/h5-9,20H,10H2,1-4H3. The normalized spacial score (nSPS) is 11.3. The van der Waals surface area contributed by atoms with Gasteiger partial charge in [0.15, 0.2) is 11.5 Å². The molecule has 0 amide bonds. The molecule has 23 heavy (non-hydrogen) atoms. The maximum atomic E-state index is 12.1. The number of thioether (sulfide) groups is 1. The second-order valence-corrected chi connectivity index (χ2v) is 6.39. The zero-order valence-corrected chi connectivity index (χ0v) is 14.4. The van der Waals surface area contributed by atoms with Gasteiger partial charge in [-0.2, -0.15) is 4.98 Å². The number of rotatable bonds is 6. The second kappa shape index (κ2) is 7.06. The molecule has 124 valence electrons.